The van der Waals surface area contributed by atoms with Gasteiger partial charge in [-0.2, -0.15) is 13.2 Å². The van der Waals surface area contributed by atoms with Crippen LogP contribution in [0, 0.1) is 10.1 Å². The van der Waals surface area contributed by atoms with E-state index in [1.165, 1.54) is 17.0 Å². The molecule has 0 unspecified atom stereocenters. The van der Waals surface area contributed by atoms with Crippen molar-refractivity contribution in [3.8, 4) is 0 Å². The maximum Gasteiger partial charge on any atom is 0.419 e. The number of alkyl halides is 3. The molecule has 1 aliphatic carbocycles. The average molecular weight is 355 g/mol. The van der Waals surface area contributed by atoms with E-state index in [1.807, 2.05) is 18.0 Å². The number of halogens is 3. The van der Waals surface area contributed by atoms with Gasteiger partial charge in [-0.1, -0.05) is 6.08 Å². The summed E-state index contributed by atoms with van der Waals surface area (Å²) in [6.45, 7) is 1.81. The van der Waals surface area contributed by atoms with Crippen molar-refractivity contribution < 1.29 is 18.1 Å². The summed E-state index contributed by atoms with van der Waals surface area (Å²) in [6.07, 6.45) is -0.711. The topological polar surface area (TPSA) is 49.6 Å². The molecular formula is C17H20F3N3O2. The van der Waals surface area contributed by atoms with E-state index in [4.69, 9.17) is 0 Å². The first-order chi connectivity index (χ1) is 11.8. The highest BCUT2D eigenvalue weighted by Gasteiger charge is 2.42. The van der Waals surface area contributed by atoms with Crippen molar-refractivity contribution in [1.82, 2.24) is 4.90 Å². The lowest BCUT2D eigenvalue weighted by atomic mass is 9.95. The molecule has 1 saturated heterocycles. The molecule has 25 heavy (non-hydrogen) atoms. The number of nitrogens with zero attached hydrogens (tertiary/aromatic N) is 3. The molecule has 0 radical (unpaired) electrons. The van der Waals surface area contributed by atoms with Crippen LogP contribution in [0.5, 0.6) is 0 Å². The van der Waals surface area contributed by atoms with Crippen molar-refractivity contribution in [3.63, 3.8) is 0 Å². The quantitative estimate of drug-likeness (QED) is 0.609. The Labute approximate surface area is 143 Å². The van der Waals surface area contributed by atoms with Crippen LogP contribution >= 0.6 is 0 Å². The summed E-state index contributed by atoms with van der Waals surface area (Å²) < 4.78 is 41.9. The lowest BCUT2D eigenvalue weighted by molar-refractivity contribution is -0.384. The number of nitro benzene ring substituents is 1. The molecule has 0 amide bonds. The molecule has 0 N–H and O–H groups in total. The van der Waals surface area contributed by atoms with Crippen LogP contribution in [0.25, 0.3) is 5.57 Å². The molecule has 5 nitrogen and oxygen atoms in total. The van der Waals surface area contributed by atoms with Crippen molar-refractivity contribution in [3.05, 3.63) is 39.4 Å². The Bertz CT molecular complexity index is 708. The minimum atomic E-state index is -4.65. The molecule has 0 saturated carbocycles. The smallest absolute Gasteiger partial charge is 0.363 e. The van der Waals surface area contributed by atoms with Crippen LogP contribution in [0.2, 0.25) is 0 Å². The predicted octanol–water partition coefficient (Wildman–Crippen LogP) is 3.93. The summed E-state index contributed by atoms with van der Waals surface area (Å²) in [7, 11) is 1.89. The van der Waals surface area contributed by atoms with Crippen molar-refractivity contribution in [1.29, 1.82) is 0 Å². The number of benzene rings is 1. The molecule has 1 heterocycles. The van der Waals surface area contributed by atoms with E-state index in [1.54, 1.807) is 0 Å². The van der Waals surface area contributed by atoms with E-state index < -0.39 is 22.4 Å². The van der Waals surface area contributed by atoms with E-state index in [9.17, 15) is 23.3 Å². The van der Waals surface area contributed by atoms with Crippen LogP contribution < -0.4 is 4.90 Å². The van der Waals surface area contributed by atoms with Crippen molar-refractivity contribution >= 4 is 16.9 Å². The van der Waals surface area contributed by atoms with Gasteiger partial charge in [-0.25, -0.2) is 0 Å². The van der Waals surface area contributed by atoms with Crippen molar-refractivity contribution in [2.45, 2.75) is 25.4 Å². The molecule has 136 valence electrons. The summed E-state index contributed by atoms with van der Waals surface area (Å²) in [5.41, 5.74) is -0.892. The lowest BCUT2D eigenvalue weighted by Crippen LogP contribution is -2.45. The molecule has 0 bridgehead atoms. The largest absolute Gasteiger partial charge is 0.419 e. The van der Waals surface area contributed by atoms with Crippen LogP contribution in [-0.4, -0.2) is 43.0 Å². The number of hydrogen-bond acceptors (Lipinski definition) is 4. The van der Waals surface area contributed by atoms with Crippen LogP contribution in [-0.2, 0) is 6.18 Å². The highest BCUT2D eigenvalue weighted by Crippen LogP contribution is 2.47. The summed E-state index contributed by atoms with van der Waals surface area (Å²) in [5, 5.41) is 11.4. The second-order valence-electron chi connectivity index (χ2n) is 6.52. The summed E-state index contributed by atoms with van der Waals surface area (Å²) in [4.78, 5) is 14.2. The third-order valence-electron chi connectivity index (χ3n) is 4.84. The number of rotatable bonds is 3. The normalized spacial score (nSPS) is 19.2. The van der Waals surface area contributed by atoms with Gasteiger partial charge >= 0.3 is 6.18 Å². The van der Waals surface area contributed by atoms with E-state index in [0.717, 1.165) is 12.8 Å². The fourth-order valence-corrected chi connectivity index (χ4v) is 3.55. The van der Waals surface area contributed by atoms with Crippen LogP contribution in [0.1, 0.15) is 30.4 Å². The molecule has 0 spiro atoms. The summed E-state index contributed by atoms with van der Waals surface area (Å²) in [6, 6.07) is 2.48. The lowest BCUT2D eigenvalue weighted by Gasteiger charge is -2.35. The molecule has 0 aromatic heterocycles. The SMILES string of the molecule is CN1CCN(c2c([N+](=O)[O-])ccc(C3=CCCC3)c2C(F)(F)F)CC1. The Balaban J connectivity index is 2.20. The fourth-order valence-electron chi connectivity index (χ4n) is 3.55. The van der Waals surface area contributed by atoms with E-state index in [2.05, 4.69) is 0 Å². The number of anilines is 1. The molecule has 1 aromatic carbocycles. The van der Waals surface area contributed by atoms with Gasteiger partial charge in [0.2, 0.25) is 0 Å². The van der Waals surface area contributed by atoms with E-state index in [0.29, 0.717) is 38.2 Å². The second-order valence-corrected chi connectivity index (χ2v) is 6.52. The maximum atomic E-state index is 14.0. The monoisotopic (exact) mass is 355 g/mol. The van der Waals surface area contributed by atoms with Gasteiger partial charge in [0.05, 0.1) is 10.5 Å². The van der Waals surface area contributed by atoms with Gasteiger partial charge in [-0.05, 0) is 43.5 Å². The standard InChI is InChI=1S/C17H20F3N3O2/c1-21-8-10-22(11-9-21)16-14(23(24)25)7-6-13(12-4-2-3-5-12)15(16)17(18,19)20/h4,6-7H,2-3,5,8-11H2,1H3. The van der Waals surface area contributed by atoms with Crippen LogP contribution in [0.4, 0.5) is 24.5 Å². The Morgan fingerprint density at radius 1 is 1.16 bits per heavy atom. The van der Waals surface area contributed by atoms with Gasteiger partial charge in [-0.15, -0.1) is 0 Å². The van der Waals surface area contributed by atoms with E-state index in [-0.39, 0.29) is 11.3 Å². The maximum absolute atomic E-state index is 14.0. The van der Waals surface area contributed by atoms with Gasteiger partial charge in [0.15, 0.2) is 0 Å². The zero-order valence-electron chi connectivity index (χ0n) is 14.0. The zero-order chi connectivity index (χ0) is 18.2. The van der Waals surface area contributed by atoms with Gasteiger partial charge in [0.1, 0.15) is 5.69 Å². The molecule has 0 atom stereocenters. The molecule has 1 aromatic rings. The van der Waals surface area contributed by atoms with Gasteiger partial charge < -0.3 is 9.80 Å². The zero-order valence-corrected chi connectivity index (χ0v) is 14.0. The molecule has 2 aliphatic rings. The van der Waals surface area contributed by atoms with Crippen molar-refractivity contribution in [2.75, 3.05) is 38.1 Å². The highest BCUT2D eigenvalue weighted by atomic mass is 19.4. The minimum absolute atomic E-state index is 0.0875. The Morgan fingerprint density at radius 3 is 2.36 bits per heavy atom. The Morgan fingerprint density at radius 2 is 1.84 bits per heavy atom. The second kappa shape index (κ2) is 6.67. The first-order valence-electron chi connectivity index (χ1n) is 8.30. The molecule has 3 rings (SSSR count). The Hall–Kier alpha value is -2.09. The van der Waals surface area contributed by atoms with Crippen LogP contribution in [0.15, 0.2) is 18.2 Å². The summed E-state index contributed by atoms with van der Waals surface area (Å²) in [5.74, 6) is 0. The number of nitro groups is 1. The number of likely N-dealkylation sites (N-methyl/N-ethyl adjacent to an activating group) is 1. The number of allylic oxidation sites excluding steroid dienone is 2. The highest BCUT2D eigenvalue weighted by molar-refractivity contribution is 5.80. The molecule has 1 fully saturated rings. The third kappa shape index (κ3) is 3.49. The predicted molar refractivity (Wildman–Crippen MR) is 89.6 cm³/mol. The third-order valence-corrected chi connectivity index (χ3v) is 4.84. The van der Waals surface area contributed by atoms with E-state index >= 15 is 0 Å². The molecule has 8 heteroatoms. The number of hydrogen-bond donors (Lipinski definition) is 0. The summed E-state index contributed by atoms with van der Waals surface area (Å²) >= 11 is 0. The average Bonchev–Trinajstić information content (AvgIpc) is 3.07. The van der Waals surface area contributed by atoms with Crippen LogP contribution in [0.3, 0.4) is 0 Å². The number of piperazine rings is 1. The van der Waals surface area contributed by atoms with Crippen molar-refractivity contribution in [2.24, 2.45) is 0 Å². The molecular weight excluding hydrogens is 335 g/mol. The van der Waals surface area contributed by atoms with Gasteiger partial charge in [-0.3, -0.25) is 10.1 Å². The molecule has 1 aliphatic heterocycles. The first-order valence-corrected chi connectivity index (χ1v) is 8.30. The van der Waals surface area contributed by atoms with Gasteiger partial charge in [0, 0.05) is 32.2 Å². The Kier molecular flexibility index (Phi) is 4.73. The first kappa shape index (κ1) is 17.7. The van der Waals surface area contributed by atoms with Gasteiger partial charge in [0.25, 0.3) is 5.69 Å². The fraction of sp³-hybridized carbons (Fsp3) is 0.529. The minimum Gasteiger partial charge on any atom is -0.363 e.